The molecule has 0 unspecified atom stereocenters. The summed E-state index contributed by atoms with van der Waals surface area (Å²) in [6.45, 7) is 10.2. The van der Waals surface area contributed by atoms with Gasteiger partial charge in [0.15, 0.2) is 0 Å². The molecule has 28 heavy (non-hydrogen) atoms. The molecule has 0 radical (unpaired) electrons. The van der Waals surface area contributed by atoms with Crippen LogP contribution in [-0.2, 0) is 4.79 Å². The van der Waals surface area contributed by atoms with Crippen molar-refractivity contribution in [2.24, 2.45) is 5.92 Å². The third-order valence-electron chi connectivity index (χ3n) is 4.91. The summed E-state index contributed by atoms with van der Waals surface area (Å²) in [7, 11) is 0. The number of aromatic nitrogens is 1. The number of hydrogen-bond donors (Lipinski definition) is 0. The van der Waals surface area contributed by atoms with Crippen LogP contribution in [-0.4, -0.2) is 52.8 Å². The zero-order chi connectivity index (χ0) is 20.3. The van der Waals surface area contributed by atoms with Gasteiger partial charge in [-0.3, -0.25) is 9.59 Å². The van der Waals surface area contributed by atoms with Crippen molar-refractivity contribution in [2.45, 2.75) is 37.6 Å². The van der Waals surface area contributed by atoms with E-state index in [1.54, 1.807) is 12.3 Å². The number of benzene rings is 1. The molecule has 0 N–H and O–H groups in total. The first-order chi connectivity index (χ1) is 13.4. The van der Waals surface area contributed by atoms with Crippen molar-refractivity contribution in [3.05, 3.63) is 53.2 Å². The van der Waals surface area contributed by atoms with Crippen LogP contribution in [0.1, 0.15) is 35.3 Å². The van der Waals surface area contributed by atoms with E-state index in [-0.39, 0.29) is 17.7 Å². The van der Waals surface area contributed by atoms with Gasteiger partial charge in [-0.1, -0.05) is 43.3 Å². The van der Waals surface area contributed by atoms with E-state index in [0.717, 1.165) is 9.92 Å². The smallest absolute Gasteiger partial charge is 0.256 e. The molecule has 2 aromatic rings. The van der Waals surface area contributed by atoms with Gasteiger partial charge in [-0.2, -0.15) is 0 Å². The van der Waals surface area contributed by atoms with Crippen molar-refractivity contribution in [2.75, 3.05) is 26.2 Å². The van der Waals surface area contributed by atoms with E-state index in [1.165, 1.54) is 22.9 Å². The molecule has 1 aromatic carbocycles. The van der Waals surface area contributed by atoms with E-state index in [1.807, 2.05) is 29.7 Å². The van der Waals surface area contributed by atoms with E-state index >= 15 is 0 Å². The van der Waals surface area contributed by atoms with Crippen LogP contribution in [0, 0.1) is 19.8 Å². The van der Waals surface area contributed by atoms with Crippen molar-refractivity contribution >= 4 is 23.6 Å². The van der Waals surface area contributed by atoms with E-state index in [0.29, 0.717) is 31.7 Å². The van der Waals surface area contributed by atoms with E-state index in [2.05, 4.69) is 37.0 Å². The minimum absolute atomic E-state index is 0.0127. The first kappa shape index (κ1) is 20.4. The molecule has 1 aliphatic heterocycles. The fourth-order valence-corrected chi connectivity index (χ4v) is 4.26. The molecule has 0 aliphatic carbocycles. The summed E-state index contributed by atoms with van der Waals surface area (Å²) in [5.41, 5.74) is 3.01. The number of amides is 2. The average Bonchev–Trinajstić information content (AvgIpc) is 2.69. The van der Waals surface area contributed by atoms with Gasteiger partial charge in [-0.25, -0.2) is 4.98 Å². The number of nitrogens with zero attached hydrogens (tertiary/aromatic N) is 3. The molecule has 2 heterocycles. The van der Waals surface area contributed by atoms with E-state index in [9.17, 15) is 9.59 Å². The summed E-state index contributed by atoms with van der Waals surface area (Å²) in [5.74, 6) is 0.123. The summed E-state index contributed by atoms with van der Waals surface area (Å²) >= 11 is 1.53. The maximum absolute atomic E-state index is 13.1. The number of hydrogen-bond acceptors (Lipinski definition) is 4. The second-order valence-electron chi connectivity index (χ2n) is 7.50. The lowest BCUT2D eigenvalue weighted by molar-refractivity contribution is -0.135. The molecule has 3 rings (SSSR count). The Bertz CT molecular complexity index is 874. The minimum Gasteiger partial charge on any atom is -0.339 e. The summed E-state index contributed by atoms with van der Waals surface area (Å²) in [4.78, 5) is 34.5. The quantitative estimate of drug-likeness (QED) is 0.788. The van der Waals surface area contributed by atoms with Gasteiger partial charge < -0.3 is 9.80 Å². The molecular weight excluding hydrogens is 370 g/mol. The monoisotopic (exact) mass is 397 g/mol. The van der Waals surface area contributed by atoms with Crippen LogP contribution in [0.25, 0.3) is 0 Å². The number of carbonyl (C=O) groups excluding carboxylic acids is 2. The van der Waals surface area contributed by atoms with Gasteiger partial charge in [0.2, 0.25) is 5.91 Å². The molecule has 0 spiro atoms. The first-order valence-electron chi connectivity index (χ1n) is 9.65. The Morgan fingerprint density at radius 3 is 2.36 bits per heavy atom. The third-order valence-corrected chi connectivity index (χ3v) is 6.11. The summed E-state index contributed by atoms with van der Waals surface area (Å²) in [6, 6.07) is 9.93. The van der Waals surface area contributed by atoms with Crippen molar-refractivity contribution in [1.29, 1.82) is 0 Å². The lowest BCUT2D eigenvalue weighted by atomic mass is 10.1. The van der Waals surface area contributed by atoms with Crippen LogP contribution in [0.3, 0.4) is 0 Å². The maximum atomic E-state index is 13.1. The number of rotatable bonds is 4. The van der Waals surface area contributed by atoms with Gasteiger partial charge in [0.1, 0.15) is 5.03 Å². The molecule has 2 amide bonds. The highest BCUT2D eigenvalue weighted by atomic mass is 32.2. The molecule has 0 saturated carbocycles. The topological polar surface area (TPSA) is 53.5 Å². The van der Waals surface area contributed by atoms with Crippen LogP contribution in [0.4, 0.5) is 0 Å². The molecule has 148 valence electrons. The van der Waals surface area contributed by atoms with Crippen molar-refractivity contribution in [3.63, 3.8) is 0 Å². The van der Waals surface area contributed by atoms with Gasteiger partial charge in [-0.15, -0.1) is 0 Å². The fourth-order valence-electron chi connectivity index (χ4n) is 3.32. The van der Waals surface area contributed by atoms with Crippen LogP contribution in [0.2, 0.25) is 0 Å². The van der Waals surface area contributed by atoms with Crippen molar-refractivity contribution < 1.29 is 9.59 Å². The number of aryl methyl sites for hydroxylation is 2. The highest BCUT2D eigenvalue weighted by Gasteiger charge is 2.27. The zero-order valence-corrected chi connectivity index (χ0v) is 17.8. The van der Waals surface area contributed by atoms with Crippen LogP contribution in [0.5, 0.6) is 0 Å². The Morgan fingerprint density at radius 2 is 1.71 bits per heavy atom. The van der Waals surface area contributed by atoms with Gasteiger partial charge in [0.25, 0.3) is 5.91 Å². The minimum atomic E-state index is -0.0167. The SMILES string of the molecule is Cc1ccc(Sc2ncccc2C(=O)N2CCN(C(=O)C(C)C)CC2)c(C)c1. The second-order valence-corrected chi connectivity index (χ2v) is 8.53. The van der Waals surface area contributed by atoms with E-state index in [4.69, 9.17) is 0 Å². The molecule has 6 heteroatoms. The van der Waals surface area contributed by atoms with E-state index < -0.39 is 0 Å². The Morgan fingerprint density at radius 1 is 1.04 bits per heavy atom. The zero-order valence-electron chi connectivity index (χ0n) is 16.9. The lowest BCUT2D eigenvalue weighted by Gasteiger charge is -2.35. The van der Waals surface area contributed by atoms with Gasteiger partial charge in [-0.05, 0) is 37.6 Å². The highest BCUT2D eigenvalue weighted by molar-refractivity contribution is 7.99. The Hall–Kier alpha value is -2.34. The lowest BCUT2D eigenvalue weighted by Crippen LogP contribution is -2.51. The van der Waals surface area contributed by atoms with Gasteiger partial charge in [0.05, 0.1) is 5.56 Å². The molecule has 1 saturated heterocycles. The number of pyridine rings is 1. The Kier molecular flexibility index (Phi) is 6.39. The Labute approximate surface area is 171 Å². The predicted molar refractivity (Wildman–Crippen MR) is 112 cm³/mol. The molecule has 1 aliphatic rings. The predicted octanol–water partition coefficient (Wildman–Crippen LogP) is 3.79. The normalized spacial score (nSPS) is 14.5. The van der Waals surface area contributed by atoms with Gasteiger partial charge in [0, 0.05) is 43.2 Å². The molecule has 5 nitrogen and oxygen atoms in total. The van der Waals surface area contributed by atoms with Crippen molar-refractivity contribution in [1.82, 2.24) is 14.8 Å². The summed E-state index contributed by atoms with van der Waals surface area (Å²) in [6.07, 6.45) is 1.72. The van der Waals surface area contributed by atoms with Crippen LogP contribution in [0.15, 0.2) is 46.5 Å². The first-order valence-corrected chi connectivity index (χ1v) is 10.5. The molecule has 1 fully saturated rings. The molecular formula is C22H27N3O2S. The summed E-state index contributed by atoms with van der Waals surface area (Å²) < 4.78 is 0. The Balaban J connectivity index is 1.74. The van der Waals surface area contributed by atoms with Crippen molar-refractivity contribution in [3.8, 4) is 0 Å². The second kappa shape index (κ2) is 8.78. The third kappa shape index (κ3) is 4.55. The number of piperazine rings is 1. The highest BCUT2D eigenvalue weighted by Crippen LogP contribution is 2.32. The standard InChI is InChI=1S/C22H27N3O2S/c1-15(2)21(26)24-10-12-25(13-11-24)22(27)18-6-5-9-23-20(18)28-19-8-7-16(3)14-17(19)4/h5-9,14-15H,10-13H2,1-4H3. The largest absolute Gasteiger partial charge is 0.339 e. The number of carbonyl (C=O) groups is 2. The molecule has 1 aromatic heterocycles. The fraction of sp³-hybridized carbons (Fsp3) is 0.409. The van der Waals surface area contributed by atoms with Crippen LogP contribution >= 0.6 is 11.8 Å². The van der Waals surface area contributed by atoms with Crippen LogP contribution < -0.4 is 0 Å². The maximum Gasteiger partial charge on any atom is 0.256 e. The summed E-state index contributed by atoms with van der Waals surface area (Å²) in [5, 5.41) is 0.722. The average molecular weight is 398 g/mol. The molecule has 0 bridgehead atoms. The molecule has 0 atom stereocenters. The van der Waals surface area contributed by atoms with Gasteiger partial charge >= 0.3 is 0 Å².